The van der Waals surface area contributed by atoms with E-state index < -0.39 is 23.2 Å². The molecule has 7 nitrogen and oxygen atoms in total. The third-order valence-corrected chi connectivity index (χ3v) is 7.66. The molecule has 2 N–H and O–H groups in total. The SMILES string of the molecule is CN(C)C(=O)c1ccc(NC2CN(C3CCN(C(=O)C(O)(c4cccc(Cl)c4)C(F)(F)F)CC3)C2)cc1Cl. The van der Waals surface area contributed by atoms with Crippen molar-refractivity contribution in [1.82, 2.24) is 14.7 Å². The van der Waals surface area contributed by atoms with Crippen molar-refractivity contribution in [2.45, 2.75) is 36.7 Å². The third-order valence-electron chi connectivity index (χ3n) is 7.12. The van der Waals surface area contributed by atoms with Gasteiger partial charge in [-0.2, -0.15) is 13.2 Å². The average molecular weight is 573 g/mol. The molecule has 2 aliphatic rings. The molecule has 12 heteroatoms. The number of hydrogen-bond acceptors (Lipinski definition) is 5. The summed E-state index contributed by atoms with van der Waals surface area (Å²) >= 11 is 12.1. The third kappa shape index (κ3) is 5.59. The van der Waals surface area contributed by atoms with E-state index in [9.17, 15) is 27.9 Å². The van der Waals surface area contributed by atoms with Crippen LogP contribution in [0.4, 0.5) is 18.9 Å². The number of carbonyl (C=O) groups excluding carboxylic acids is 2. The Labute approximate surface area is 229 Å². The van der Waals surface area contributed by atoms with Gasteiger partial charge in [0.15, 0.2) is 0 Å². The molecular weight excluding hydrogens is 544 g/mol. The van der Waals surface area contributed by atoms with Crippen LogP contribution in [0.2, 0.25) is 10.0 Å². The summed E-state index contributed by atoms with van der Waals surface area (Å²) in [6, 6.07) is 10.1. The number of alkyl halides is 3. The first-order valence-corrected chi connectivity index (χ1v) is 12.9. The van der Waals surface area contributed by atoms with E-state index in [0.717, 1.165) is 35.8 Å². The number of nitrogens with one attached hydrogen (secondary N) is 1. The van der Waals surface area contributed by atoms with Crippen molar-refractivity contribution in [3.63, 3.8) is 0 Å². The molecule has 2 fully saturated rings. The van der Waals surface area contributed by atoms with Gasteiger partial charge in [-0.15, -0.1) is 0 Å². The molecule has 2 saturated heterocycles. The van der Waals surface area contributed by atoms with E-state index in [1.807, 2.05) is 0 Å². The van der Waals surface area contributed by atoms with Crippen LogP contribution in [0.25, 0.3) is 0 Å². The zero-order valence-electron chi connectivity index (χ0n) is 20.9. The number of piperidine rings is 1. The Hall–Kier alpha value is -2.53. The first-order chi connectivity index (χ1) is 17.8. The van der Waals surface area contributed by atoms with Gasteiger partial charge in [-0.1, -0.05) is 35.3 Å². The standard InChI is InChI=1S/C26H29Cl2F3N4O3/c1-33(2)23(36)21-7-6-18(13-22(21)28)32-19-14-35(15-19)20-8-10-34(11-9-20)24(37)25(38,26(29,30)31)16-4-3-5-17(27)12-16/h3-7,12-13,19-20,32,38H,8-11,14-15H2,1-2H3. The summed E-state index contributed by atoms with van der Waals surface area (Å²) in [5.74, 6) is -1.57. The lowest BCUT2D eigenvalue weighted by Gasteiger charge is -2.48. The molecule has 0 saturated carbocycles. The highest BCUT2D eigenvalue weighted by Crippen LogP contribution is 2.42. The number of nitrogens with zero attached hydrogens (tertiary/aromatic N) is 3. The van der Waals surface area contributed by atoms with Crippen molar-refractivity contribution in [2.24, 2.45) is 0 Å². The zero-order valence-corrected chi connectivity index (χ0v) is 22.4. The van der Waals surface area contributed by atoms with Crippen LogP contribution in [0, 0.1) is 0 Å². The van der Waals surface area contributed by atoms with Gasteiger partial charge in [0.05, 0.1) is 16.6 Å². The monoisotopic (exact) mass is 572 g/mol. The van der Waals surface area contributed by atoms with Gasteiger partial charge in [0, 0.05) is 62.6 Å². The van der Waals surface area contributed by atoms with Crippen molar-refractivity contribution in [2.75, 3.05) is 45.6 Å². The molecule has 1 atom stereocenters. The summed E-state index contributed by atoms with van der Waals surface area (Å²) in [5, 5.41) is 14.4. The summed E-state index contributed by atoms with van der Waals surface area (Å²) in [4.78, 5) is 29.9. The Morgan fingerprint density at radius 3 is 2.26 bits per heavy atom. The number of halogens is 5. The summed E-state index contributed by atoms with van der Waals surface area (Å²) in [5.41, 5.74) is -3.04. The maximum atomic E-state index is 14.0. The van der Waals surface area contributed by atoms with E-state index >= 15 is 0 Å². The molecule has 0 spiro atoms. The number of hydrogen-bond donors (Lipinski definition) is 2. The van der Waals surface area contributed by atoms with Crippen molar-refractivity contribution in [3.05, 3.63) is 63.6 Å². The van der Waals surface area contributed by atoms with Crippen molar-refractivity contribution in [1.29, 1.82) is 0 Å². The Balaban J connectivity index is 1.32. The Bertz CT molecular complexity index is 1200. The lowest BCUT2D eigenvalue weighted by molar-refractivity contribution is -0.262. The van der Waals surface area contributed by atoms with Gasteiger partial charge in [0.2, 0.25) is 0 Å². The molecule has 2 aromatic carbocycles. The van der Waals surface area contributed by atoms with Gasteiger partial charge >= 0.3 is 6.18 Å². The van der Waals surface area contributed by atoms with E-state index in [4.69, 9.17) is 23.2 Å². The minimum Gasteiger partial charge on any atom is -0.380 e. The van der Waals surface area contributed by atoms with E-state index in [0.29, 0.717) is 23.4 Å². The van der Waals surface area contributed by atoms with Gasteiger partial charge in [-0.05, 0) is 43.2 Å². The fraction of sp³-hybridized carbons (Fsp3) is 0.462. The molecule has 4 rings (SSSR count). The minimum absolute atomic E-state index is 0.00195. The van der Waals surface area contributed by atoms with Crippen LogP contribution in [0.5, 0.6) is 0 Å². The zero-order chi connectivity index (χ0) is 27.8. The molecule has 1 unspecified atom stereocenters. The van der Waals surface area contributed by atoms with Crippen LogP contribution in [-0.4, -0.2) is 90.2 Å². The largest absolute Gasteiger partial charge is 0.430 e. The van der Waals surface area contributed by atoms with E-state index in [1.165, 1.54) is 17.0 Å². The Morgan fingerprint density at radius 1 is 1.05 bits per heavy atom. The lowest BCUT2D eigenvalue weighted by atomic mass is 9.89. The normalized spacial score (nSPS) is 19.0. The van der Waals surface area contributed by atoms with Gasteiger partial charge in [0.25, 0.3) is 17.4 Å². The van der Waals surface area contributed by atoms with E-state index in [2.05, 4.69) is 10.2 Å². The predicted octanol–water partition coefficient (Wildman–Crippen LogP) is 4.23. The van der Waals surface area contributed by atoms with Gasteiger partial charge in [0.1, 0.15) is 0 Å². The highest BCUT2D eigenvalue weighted by molar-refractivity contribution is 6.34. The molecule has 0 radical (unpaired) electrons. The molecule has 2 heterocycles. The quantitative estimate of drug-likeness (QED) is 0.541. The fourth-order valence-electron chi connectivity index (χ4n) is 4.94. The van der Waals surface area contributed by atoms with Gasteiger partial charge in [-0.25, -0.2) is 0 Å². The number of likely N-dealkylation sites (tertiary alicyclic amines) is 2. The highest BCUT2D eigenvalue weighted by Gasteiger charge is 2.62. The first-order valence-electron chi connectivity index (χ1n) is 12.2. The highest BCUT2D eigenvalue weighted by atomic mass is 35.5. The first kappa shape index (κ1) is 28.5. The molecule has 0 aromatic heterocycles. The predicted molar refractivity (Wildman–Crippen MR) is 139 cm³/mol. The fourth-order valence-corrected chi connectivity index (χ4v) is 5.39. The number of amides is 2. The molecule has 38 heavy (non-hydrogen) atoms. The second kappa shape index (κ2) is 10.9. The lowest BCUT2D eigenvalue weighted by Crippen LogP contribution is -2.62. The van der Waals surface area contributed by atoms with Crippen molar-refractivity contribution >= 4 is 40.7 Å². The number of aliphatic hydroxyl groups is 1. The Kier molecular flexibility index (Phi) is 8.18. The molecule has 2 aliphatic heterocycles. The summed E-state index contributed by atoms with van der Waals surface area (Å²) in [6.07, 6.45) is -4.22. The summed E-state index contributed by atoms with van der Waals surface area (Å²) in [7, 11) is 3.31. The molecule has 2 aromatic rings. The van der Waals surface area contributed by atoms with Crippen molar-refractivity contribution < 1.29 is 27.9 Å². The summed E-state index contributed by atoms with van der Waals surface area (Å²) < 4.78 is 41.9. The number of carbonyl (C=O) groups is 2. The molecular formula is C26H29Cl2F3N4O3. The second-order valence-electron chi connectivity index (χ2n) is 9.93. The van der Waals surface area contributed by atoms with Crippen LogP contribution < -0.4 is 5.32 Å². The maximum Gasteiger partial charge on any atom is 0.430 e. The average Bonchev–Trinajstić information content (AvgIpc) is 2.84. The molecule has 206 valence electrons. The second-order valence-corrected chi connectivity index (χ2v) is 10.8. The topological polar surface area (TPSA) is 76.1 Å². The smallest absolute Gasteiger partial charge is 0.380 e. The van der Waals surface area contributed by atoms with Crippen LogP contribution >= 0.6 is 23.2 Å². The number of anilines is 1. The Morgan fingerprint density at radius 2 is 1.71 bits per heavy atom. The van der Waals surface area contributed by atoms with E-state index in [1.54, 1.807) is 32.3 Å². The van der Waals surface area contributed by atoms with Crippen molar-refractivity contribution in [3.8, 4) is 0 Å². The molecule has 2 amide bonds. The molecule has 0 aliphatic carbocycles. The van der Waals surface area contributed by atoms with Crippen LogP contribution in [0.15, 0.2) is 42.5 Å². The molecule has 0 bridgehead atoms. The van der Waals surface area contributed by atoms with Crippen LogP contribution in [0.3, 0.4) is 0 Å². The van der Waals surface area contributed by atoms with Gasteiger partial charge in [-0.3, -0.25) is 14.5 Å². The minimum atomic E-state index is -5.21. The van der Waals surface area contributed by atoms with E-state index in [-0.39, 0.29) is 36.1 Å². The van der Waals surface area contributed by atoms with Crippen LogP contribution in [0.1, 0.15) is 28.8 Å². The maximum absolute atomic E-state index is 14.0. The van der Waals surface area contributed by atoms with Gasteiger partial charge < -0.3 is 20.2 Å². The summed E-state index contributed by atoms with van der Waals surface area (Å²) in [6.45, 7) is 1.66. The number of benzene rings is 2. The number of rotatable bonds is 6. The van der Waals surface area contributed by atoms with Crippen LogP contribution in [-0.2, 0) is 10.4 Å².